The summed E-state index contributed by atoms with van der Waals surface area (Å²) < 4.78 is 26.0. The zero-order valence-electron chi connectivity index (χ0n) is 11.9. The minimum absolute atomic E-state index is 0.254. The van der Waals surface area contributed by atoms with Gasteiger partial charge in [0.1, 0.15) is 0 Å². The Hall–Kier alpha value is -2.54. The topological polar surface area (TPSA) is 98.0 Å². The summed E-state index contributed by atoms with van der Waals surface area (Å²) in [5, 5.41) is 0. The molecule has 22 heavy (non-hydrogen) atoms. The largest absolute Gasteiger partial charge is 0.399 e. The highest BCUT2D eigenvalue weighted by atomic mass is 32.2. The van der Waals surface area contributed by atoms with Crippen molar-refractivity contribution in [3.63, 3.8) is 0 Å². The van der Waals surface area contributed by atoms with Crippen LogP contribution in [0.15, 0.2) is 47.3 Å². The molecule has 2 aromatic carbocycles. The third-order valence-corrected chi connectivity index (χ3v) is 4.99. The Balaban J connectivity index is 2.15. The Labute approximate surface area is 127 Å². The summed E-state index contributed by atoms with van der Waals surface area (Å²) in [7, 11) is -3.84. The Kier molecular flexibility index (Phi) is 3.29. The summed E-state index contributed by atoms with van der Waals surface area (Å²) in [6.07, 6.45) is 0. The molecule has 114 valence electrons. The quantitative estimate of drug-likeness (QED) is 0.717. The predicted octanol–water partition coefficient (Wildman–Crippen LogP) is 1.60. The molecule has 0 aliphatic carbocycles. The van der Waals surface area contributed by atoms with Crippen LogP contribution < -0.4 is 11.4 Å². The summed E-state index contributed by atoms with van der Waals surface area (Å²) in [5.74, 6) is -0.254. The average Bonchev–Trinajstić information content (AvgIpc) is 2.74. The van der Waals surface area contributed by atoms with Crippen molar-refractivity contribution in [2.75, 3.05) is 5.73 Å². The van der Waals surface area contributed by atoms with Crippen LogP contribution in [-0.2, 0) is 15.8 Å². The van der Waals surface area contributed by atoms with Gasteiger partial charge in [-0.15, -0.1) is 0 Å². The Morgan fingerprint density at radius 2 is 1.95 bits per heavy atom. The first-order valence-electron chi connectivity index (χ1n) is 6.66. The fraction of sp³-hybridized carbons (Fsp3) is 0.133. The first-order valence-corrected chi connectivity index (χ1v) is 8.27. The first kappa shape index (κ1) is 14.4. The monoisotopic (exact) mass is 317 g/mol. The molecule has 0 spiro atoms. The zero-order chi connectivity index (χ0) is 15.9. The van der Waals surface area contributed by atoms with Crippen molar-refractivity contribution in [1.82, 2.24) is 8.96 Å². The second-order valence-electron chi connectivity index (χ2n) is 5.22. The summed E-state index contributed by atoms with van der Waals surface area (Å²) in [4.78, 5) is 14.6. The predicted molar refractivity (Wildman–Crippen MR) is 86.2 cm³/mol. The van der Waals surface area contributed by atoms with E-state index in [-0.39, 0.29) is 11.3 Å². The van der Waals surface area contributed by atoms with E-state index in [1.165, 1.54) is 6.07 Å². The number of nitrogen functional groups attached to an aromatic ring is 1. The molecule has 1 aromatic heterocycles. The smallest absolute Gasteiger partial charge is 0.340 e. The molecular formula is C15H15N3O3S. The molecule has 7 heteroatoms. The summed E-state index contributed by atoms with van der Waals surface area (Å²) >= 11 is 0. The SMILES string of the molecule is Cc1cccc(CS(=O)(=O)n2c(=O)[nH]c3ccc(N)cc32)c1. The molecule has 0 fully saturated rings. The van der Waals surface area contributed by atoms with E-state index in [4.69, 9.17) is 5.73 Å². The summed E-state index contributed by atoms with van der Waals surface area (Å²) in [6, 6.07) is 11.8. The molecule has 0 saturated heterocycles. The van der Waals surface area contributed by atoms with Crippen LogP contribution in [0.1, 0.15) is 11.1 Å². The minimum atomic E-state index is -3.84. The normalized spacial score (nSPS) is 11.9. The van der Waals surface area contributed by atoms with Crippen molar-refractivity contribution in [2.45, 2.75) is 12.7 Å². The number of hydrogen-bond donors (Lipinski definition) is 2. The Morgan fingerprint density at radius 1 is 1.18 bits per heavy atom. The zero-order valence-corrected chi connectivity index (χ0v) is 12.7. The highest BCUT2D eigenvalue weighted by Crippen LogP contribution is 2.18. The highest BCUT2D eigenvalue weighted by molar-refractivity contribution is 7.89. The number of anilines is 1. The molecule has 0 aliphatic rings. The van der Waals surface area contributed by atoms with Crippen LogP contribution >= 0.6 is 0 Å². The van der Waals surface area contributed by atoms with Gasteiger partial charge in [-0.1, -0.05) is 29.8 Å². The van der Waals surface area contributed by atoms with E-state index in [1.807, 2.05) is 13.0 Å². The minimum Gasteiger partial charge on any atom is -0.399 e. The standard InChI is InChI=1S/C15H15N3O3S/c1-10-3-2-4-11(7-10)9-22(20,21)18-14-8-12(16)5-6-13(14)17-15(18)19/h2-8H,9,16H2,1H3,(H,17,19). The van der Waals surface area contributed by atoms with E-state index in [0.29, 0.717) is 16.8 Å². The number of aromatic amines is 1. The number of rotatable bonds is 3. The van der Waals surface area contributed by atoms with E-state index in [0.717, 1.165) is 9.54 Å². The molecule has 0 bridgehead atoms. The average molecular weight is 317 g/mol. The van der Waals surface area contributed by atoms with Gasteiger partial charge in [-0.05, 0) is 30.7 Å². The number of imidazole rings is 1. The van der Waals surface area contributed by atoms with Crippen molar-refractivity contribution in [2.24, 2.45) is 0 Å². The Morgan fingerprint density at radius 3 is 2.68 bits per heavy atom. The lowest BCUT2D eigenvalue weighted by Crippen LogP contribution is -2.26. The number of nitrogens with zero attached hydrogens (tertiary/aromatic N) is 1. The van der Waals surface area contributed by atoms with Gasteiger partial charge >= 0.3 is 5.69 Å². The first-order chi connectivity index (χ1) is 10.4. The molecule has 3 N–H and O–H groups in total. The lowest BCUT2D eigenvalue weighted by Gasteiger charge is -2.07. The molecular weight excluding hydrogens is 302 g/mol. The van der Waals surface area contributed by atoms with Crippen molar-refractivity contribution in [3.8, 4) is 0 Å². The maximum absolute atomic E-state index is 12.6. The van der Waals surface area contributed by atoms with Gasteiger partial charge in [0.2, 0.25) is 10.0 Å². The fourth-order valence-electron chi connectivity index (χ4n) is 2.45. The molecule has 0 atom stereocenters. The van der Waals surface area contributed by atoms with Crippen LogP contribution in [0.5, 0.6) is 0 Å². The van der Waals surface area contributed by atoms with Gasteiger partial charge in [0.25, 0.3) is 0 Å². The number of aryl methyl sites for hydroxylation is 1. The van der Waals surface area contributed by atoms with Crippen molar-refractivity contribution in [1.29, 1.82) is 0 Å². The molecule has 0 unspecified atom stereocenters. The van der Waals surface area contributed by atoms with E-state index < -0.39 is 15.7 Å². The summed E-state index contributed by atoms with van der Waals surface area (Å²) in [5.41, 5.74) is 7.69. The molecule has 0 aliphatic heterocycles. The number of fused-ring (bicyclic) bond motifs is 1. The van der Waals surface area contributed by atoms with Crippen LogP contribution in [0.3, 0.4) is 0 Å². The van der Waals surface area contributed by atoms with Crippen LogP contribution in [0.4, 0.5) is 5.69 Å². The third-order valence-electron chi connectivity index (χ3n) is 3.38. The highest BCUT2D eigenvalue weighted by Gasteiger charge is 2.21. The molecule has 1 heterocycles. The van der Waals surface area contributed by atoms with Crippen LogP contribution in [0.2, 0.25) is 0 Å². The number of nitrogens with two attached hydrogens (primary N) is 1. The molecule has 3 rings (SSSR count). The molecule has 0 radical (unpaired) electrons. The molecule has 0 saturated carbocycles. The van der Waals surface area contributed by atoms with Crippen molar-refractivity contribution in [3.05, 3.63) is 64.1 Å². The third kappa shape index (κ3) is 2.50. The van der Waals surface area contributed by atoms with Gasteiger partial charge in [-0.2, -0.15) is 3.97 Å². The second-order valence-corrected chi connectivity index (χ2v) is 7.03. The van der Waals surface area contributed by atoms with Crippen molar-refractivity contribution < 1.29 is 8.42 Å². The van der Waals surface area contributed by atoms with E-state index >= 15 is 0 Å². The van der Waals surface area contributed by atoms with Crippen molar-refractivity contribution >= 4 is 26.7 Å². The lowest BCUT2D eigenvalue weighted by molar-refractivity contribution is 0.586. The fourth-order valence-corrected chi connectivity index (χ4v) is 3.93. The maximum Gasteiger partial charge on any atom is 0.340 e. The number of benzene rings is 2. The summed E-state index contributed by atoms with van der Waals surface area (Å²) in [6.45, 7) is 1.88. The van der Waals surface area contributed by atoms with E-state index in [1.54, 1.807) is 30.3 Å². The van der Waals surface area contributed by atoms with Crippen LogP contribution in [-0.4, -0.2) is 17.4 Å². The van der Waals surface area contributed by atoms with Crippen LogP contribution in [0, 0.1) is 6.92 Å². The second kappa shape index (κ2) is 5.03. The van der Waals surface area contributed by atoms with Gasteiger partial charge < -0.3 is 10.7 Å². The molecule has 3 aromatic rings. The van der Waals surface area contributed by atoms with Crippen LogP contribution in [0.25, 0.3) is 11.0 Å². The molecule has 6 nitrogen and oxygen atoms in total. The van der Waals surface area contributed by atoms with Gasteiger partial charge in [0.05, 0.1) is 16.8 Å². The van der Waals surface area contributed by atoms with E-state index in [2.05, 4.69) is 4.98 Å². The van der Waals surface area contributed by atoms with E-state index in [9.17, 15) is 13.2 Å². The number of nitrogens with one attached hydrogen (secondary N) is 1. The lowest BCUT2D eigenvalue weighted by atomic mass is 10.2. The van der Waals surface area contributed by atoms with Gasteiger partial charge in [0.15, 0.2) is 0 Å². The van der Waals surface area contributed by atoms with Gasteiger partial charge in [-0.25, -0.2) is 13.2 Å². The number of hydrogen-bond acceptors (Lipinski definition) is 4. The maximum atomic E-state index is 12.6. The van der Waals surface area contributed by atoms with Gasteiger partial charge in [-0.3, -0.25) is 0 Å². The molecule has 0 amide bonds. The number of H-pyrrole nitrogens is 1. The van der Waals surface area contributed by atoms with Gasteiger partial charge in [0, 0.05) is 5.69 Å². The number of aromatic nitrogens is 2. The Bertz CT molecular complexity index is 1020.